The van der Waals surface area contributed by atoms with E-state index in [1.165, 1.54) is 44.1 Å². The van der Waals surface area contributed by atoms with Crippen LogP contribution in [-0.2, 0) is 4.74 Å². The second-order valence-electron chi connectivity index (χ2n) is 12.8. The van der Waals surface area contributed by atoms with Gasteiger partial charge in [0.05, 0.1) is 11.7 Å². The van der Waals surface area contributed by atoms with Crippen molar-refractivity contribution in [2.24, 2.45) is 23.2 Å². The summed E-state index contributed by atoms with van der Waals surface area (Å²) in [6, 6.07) is 0. The molecule has 4 N–H and O–H groups in total. The Bertz CT molecular complexity index is 827. The fourth-order valence-corrected chi connectivity index (χ4v) is 7.88. The third-order valence-electron chi connectivity index (χ3n) is 10.6. The van der Waals surface area contributed by atoms with Gasteiger partial charge in [0.2, 0.25) is 0 Å². The highest BCUT2D eigenvalue weighted by molar-refractivity contribution is 5.40. The molecule has 0 heterocycles. The van der Waals surface area contributed by atoms with Crippen LogP contribution in [0, 0.1) is 23.2 Å². The summed E-state index contributed by atoms with van der Waals surface area (Å²) in [4.78, 5) is 0. The van der Waals surface area contributed by atoms with Gasteiger partial charge in [-0.3, -0.25) is 0 Å². The average molecular weight is 533 g/mol. The Kier molecular flexibility index (Phi) is 11.7. The average Bonchev–Trinajstić information content (AvgIpc) is 3.27. The van der Waals surface area contributed by atoms with Gasteiger partial charge >= 0.3 is 0 Å². The normalized spacial score (nSPS) is 35.2. The largest absolute Gasteiger partial charge is 0.396 e. The summed E-state index contributed by atoms with van der Waals surface area (Å²) in [7, 11) is 0. The Morgan fingerprint density at radius 3 is 2.55 bits per heavy atom. The van der Waals surface area contributed by atoms with Crippen LogP contribution in [-0.4, -0.2) is 57.6 Å². The number of hydrogen-bond donors (Lipinski definition) is 4. The van der Waals surface area contributed by atoms with Gasteiger partial charge < -0.3 is 25.2 Å². The molecule has 0 amide bonds. The molecule has 0 aliphatic heterocycles. The number of aliphatic hydroxyl groups excluding tert-OH is 3. The molecule has 3 fully saturated rings. The summed E-state index contributed by atoms with van der Waals surface area (Å²) >= 11 is 0. The van der Waals surface area contributed by atoms with Crippen molar-refractivity contribution in [3.8, 4) is 0 Å². The Hall–Kier alpha value is -0.980. The quantitative estimate of drug-likeness (QED) is 0.210. The second-order valence-corrected chi connectivity index (χ2v) is 12.8. The molecule has 218 valence electrons. The second kappa shape index (κ2) is 14.1. The lowest BCUT2D eigenvalue weighted by atomic mass is 9.60. The summed E-state index contributed by atoms with van der Waals surface area (Å²) in [5.74, 6) is 2.04. The van der Waals surface area contributed by atoms with Gasteiger partial charge in [0, 0.05) is 19.6 Å². The number of fused-ring (bicyclic) bond motifs is 1. The van der Waals surface area contributed by atoms with Crippen molar-refractivity contribution in [2.45, 2.75) is 135 Å². The summed E-state index contributed by atoms with van der Waals surface area (Å²) < 4.78 is 5.65. The van der Waals surface area contributed by atoms with E-state index in [-0.39, 0.29) is 6.61 Å². The minimum Gasteiger partial charge on any atom is -0.396 e. The number of allylic oxidation sites excluding steroid dienone is 3. The van der Waals surface area contributed by atoms with Gasteiger partial charge in [-0.15, -0.1) is 0 Å². The van der Waals surface area contributed by atoms with E-state index < -0.39 is 23.9 Å². The van der Waals surface area contributed by atoms with E-state index in [4.69, 9.17) is 9.84 Å². The predicted octanol–water partition coefficient (Wildman–Crippen LogP) is 6.25. The van der Waals surface area contributed by atoms with Gasteiger partial charge in [-0.1, -0.05) is 71.3 Å². The summed E-state index contributed by atoms with van der Waals surface area (Å²) in [6.07, 6.45) is 15.2. The Balaban J connectivity index is 1.62. The molecule has 5 heteroatoms. The smallest absolute Gasteiger partial charge is 0.114 e. The lowest BCUT2D eigenvalue weighted by Gasteiger charge is -2.44. The Morgan fingerprint density at radius 2 is 1.87 bits per heavy atom. The molecule has 0 saturated heterocycles. The van der Waals surface area contributed by atoms with Crippen molar-refractivity contribution in [3.63, 3.8) is 0 Å². The van der Waals surface area contributed by atoms with Crippen LogP contribution in [0.15, 0.2) is 35.5 Å². The third kappa shape index (κ3) is 7.20. The third-order valence-corrected chi connectivity index (χ3v) is 10.6. The first-order valence-electron chi connectivity index (χ1n) is 15.5. The molecule has 5 nitrogen and oxygen atoms in total. The number of aliphatic hydroxyl groups is 4. The van der Waals surface area contributed by atoms with Gasteiger partial charge in [-0.25, -0.2) is 0 Å². The van der Waals surface area contributed by atoms with Gasteiger partial charge in [0.25, 0.3) is 0 Å². The van der Waals surface area contributed by atoms with E-state index >= 15 is 0 Å². The van der Waals surface area contributed by atoms with Crippen LogP contribution < -0.4 is 0 Å². The lowest BCUT2D eigenvalue weighted by Crippen LogP contribution is -2.45. The molecule has 0 radical (unpaired) electrons. The van der Waals surface area contributed by atoms with E-state index in [0.29, 0.717) is 42.3 Å². The molecule has 38 heavy (non-hydrogen) atoms. The molecular formula is C33H56O5. The molecule has 7 atom stereocenters. The van der Waals surface area contributed by atoms with E-state index in [2.05, 4.69) is 46.4 Å². The molecule has 3 aliphatic carbocycles. The minimum absolute atomic E-state index is 0.0283. The van der Waals surface area contributed by atoms with Gasteiger partial charge in [0.15, 0.2) is 0 Å². The van der Waals surface area contributed by atoms with E-state index in [1.54, 1.807) is 0 Å². The lowest BCUT2D eigenvalue weighted by molar-refractivity contribution is -0.0968. The summed E-state index contributed by atoms with van der Waals surface area (Å²) in [6.45, 7) is 13.6. The fourth-order valence-electron chi connectivity index (χ4n) is 7.88. The standard InChI is InChI=1S/C33H56O5/c1-6-33(37,7-2)19-9-8-12-23(3)27-16-17-28-25(13-10-18-32(27,28)5)14-15-26-22-29(35)31(30(36)24(26)4)38-21-11-20-34/h14-15,23,27-31,34-37H,4,6-13,16-22H2,1-3,5H3/b25-14+,26-15-/t23-,27+,28?,29-,30-,31-,32-/m1/s1. The van der Waals surface area contributed by atoms with Crippen LogP contribution in [0.4, 0.5) is 0 Å². The van der Waals surface area contributed by atoms with Crippen molar-refractivity contribution in [3.05, 3.63) is 35.5 Å². The fraction of sp³-hybridized carbons (Fsp3) is 0.818. The number of unbranched alkanes of at least 4 members (excludes halogenated alkanes) is 1. The van der Waals surface area contributed by atoms with Crippen LogP contribution in [0.3, 0.4) is 0 Å². The molecule has 0 bridgehead atoms. The molecular weight excluding hydrogens is 476 g/mol. The maximum Gasteiger partial charge on any atom is 0.114 e. The molecule has 3 saturated carbocycles. The minimum atomic E-state index is -0.930. The first-order valence-corrected chi connectivity index (χ1v) is 15.5. The molecule has 0 aromatic carbocycles. The van der Waals surface area contributed by atoms with Crippen molar-refractivity contribution in [1.29, 1.82) is 0 Å². The molecule has 0 aromatic rings. The van der Waals surface area contributed by atoms with Crippen LogP contribution in [0.1, 0.15) is 111 Å². The highest BCUT2D eigenvalue weighted by Gasteiger charge is 2.50. The summed E-state index contributed by atoms with van der Waals surface area (Å²) in [5, 5.41) is 41.0. The zero-order chi connectivity index (χ0) is 27.9. The molecule has 3 rings (SSSR count). The van der Waals surface area contributed by atoms with E-state index in [9.17, 15) is 15.3 Å². The molecule has 0 aromatic heterocycles. The molecule has 1 unspecified atom stereocenters. The van der Waals surface area contributed by atoms with Crippen molar-refractivity contribution >= 4 is 0 Å². The maximum absolute atomic E-state index is 10.7. The number of rotatable bonds is 13. The maximum atomic E-state index is 10.7. The zero-order valence-corrected chi connectivity index (χ0v) is 24.6. The first kappa shape index (κ1) is 31.5. The highest BCUT2D eigenvalue weighted by atomic mass is 16.5. The van der Waals surface area contributed by atoms with Crippen LogP contribution in [0.25, 0.3) is 0 Å². The predicted molar refractivity (Wildman–Crippen MR) is 155 cm³/mol. The Morgan fingerprint density at radius 1 is 1.13 bits per heavy atom. The SMILES string of the molecule is C=C1/C(=C\C=C2/CCC[C@@]3(C)C2CC[C@H]3[C@H](C)CCCCC(O)(CC)CC)C[C@@H](O)[C@@H](OCCCO)[C@@H]1O. The van der Waals surface area contributed by atoms with E-state index in [0.717, 1.165) is 43.6 Å². The van der Waals surface area contributed by atoms with E-state index in [1.807, 2.05) is 0 Å². The van der Waals surface area contributed by atoms with Crippen LogP contribution in [0.2, 0.25) is 0 Å². The van der Waals surface area contributed by atoms with Gasteiger partial charge in [0.1, 0.15) is 12.2 Å². The monoisotopic (exact) mass is 532 g/mol. The Labute approximate surface area is 232 Å². The first-order chi connectivity index (χ1) is 18.1. The van der Waals surface area contributed by atoms with Crippen LogP contribution >= 0.6 is 0 Å². The zero-order valence-electron chi connectivity index (χ0n) is 24.6. The highest BCUT2D eigenvalue weighted by Crippen LogP contribution is 2.60. The topological polar surface area (TPSA) is 90.2 Å². The summed E-state index contributed by atoms with van der Waals surface area (Å²) in [5.41, 5.74) is 2.93. The van der Waals surface area contributed by atoms with Crippen molar-refractivity contribution < 1.29 is 25.2 Å². The molecule has 0 spiro atoms. The van der Waals surface area contributed by atoms with Gasteiger partial charge in [-0.05, 0) is 92.1 Å². The molecule has 3 aliphatic rings. The van der Waals surface area contributed by atoms with Crippen molar-refractivity contribution in [2.75, 3.05) is 13.2 Å². The van der Waals surface area contributed by atoms with Gasteiger partial charge in [-0.2, -0.15) is 0 Å². The number of ether oxygens (including phenoxy) is 1. The number of hydrogen-bond acceptors (Lipinski definition) is 5. The van der Waals surface area contributed by atoms with Crippen molar-refractivity contribution in [1.82, 2.24) is 0 Å². The van der Waals surface area contributed by atoms with Crippen LogP contribution in [0.5, 0.6) is 0 Å².